The number of nitrogens with zero attached hydrogens (tertiary/aromatic N) is 2. The highest BCUT2D eigenvalue weighted by Crippen LogP contribution is 2.23. The van der Waals surface area contributed by atoms with E-state index in [1.165, 1.54) is 24.1 Å². The van der Waals surface area contributed by atoms with Gasteiger partial charge in [0.05, 0.1) is 4.92 Å². The molecule has 0 radical (unpaired) electrons. The molecule has 0 saturated carbocycles. The van der Waals surface area contributed by atoms with Crippen molar-refractivity contribution in [3.8, 4) is 0 Å². The predicted molar refractivity (Wildman–Crippen MR) is 76.5 cm³/mol. The minimum absolute atomic E-state index is 0.108. The molecular weight excluding hydrogens is 258 g/mol. The summed E-state index contributed by atoms with van der Waals surface area (Å²) in [6, 6.07) is 5.94. The van der Waals surface area contributed by atoms with Gasteiger partial charge in [0.15, 0.2) is 5.69 Å². The highest BCUT2D eigenvalue weighted by atomic mass is 16.6. The molecule has 6 nitrogen and oxygen atoms in total. The van der Waals surface area contributed by atoms with Crippen molar-refractivity contribution in [2.24, 2.45) is 0 Å². The van der Waals surface area contributed by atoms with Gasteiger partial charge in [0.25, 0.3) is 0 Å². The fourth-order valence-electron chi connectivity index (χ4n) is 1.76. The second-order valence-electron chi connectivity index (χ2n) is 4.51. The second kappa shape index (κ2) is 5.56. The maximum atomic E-state index is 10.9. The van der Waals surface area contributed by atoms with E-state index in [0.29, 0.717) is 0 Å². The van der Waals surface area contributed by atoms with Gasteiger partial charge in [-0.25, -0.2) is 0 Å². The van der Waals surface area contributed by atoms with Gasteiger partial charge in [0.2, 0.25) is 5.76 Å². The average Bonchev–Trinajstić information content (AvgIpc) is 2.75. The number of hydrogen-bond acceptors (Lipinski definition) is 5. The molecule has 0 fully saturated rings. The third kappa shape index (κ3) is 2.85. The van der Waals surface area contributed by atoms with Crippen molar-refractivity contribution in [3.63, 3.8) is 0 Å². The zero-order valence-corrected chi connectivity index (χ0v) is 11.5. The van der Waals surface area contributed by atoms with Crippen LogP contribution in [0.3, 0.4) is 0 Å². The van der Waals surface area contributed by atoms with Crippen LogP contribution in [0, 0.1) is 30.9 Å². The standard InChI is InChI=1S/C14H15N3O3/c1-9-4-5-12(8-10(9)2)15-7-6-13-14(17(18)19)11(3)16-20-13/h4-8,15H,1-3H3/b7-6+. The van der Waals surface area contributed by atoms with Crippen molar-refractivity contribution in [2.75, 3.05) is 5.32 Å². The van der Waals surface area contributed by atoms with E-state index in [4.69, 9.17) is 4.52 Å². The molecule has 1 aromatic carbocycles. The smallest absolute Gasteiger partial charge is 0.338 e. The van der Waals surface area contributed by atoms with Crippen LogP contribution in [0.2, 0.25) is 0 Å². The second-order valence-corrected chi connectivity index (χ2v) is 4.51. The summed E-state index contributed by atoms with van der Waals surface area (Å²) in [6.45, 7) is 5.60. The zero-order valence-electron chi connectivity index (χ0n) is 11.5. The van der Waals surface area contributed by atoms with Gasteiger partial charge < -0.3 is 9.84 Å². The molecule has 0 unspecified atom stereocenters. The Hall–Kier alpha value is -2.63. The Bertz CT molecular complexity index is 674. The van der Waals surface area contributed by atoms with E-state index in [1.807, 2.05) is 32.0 Å². The van der Waals surface area contributed by atoms with Gasteiger partial charge in [0.1, 0.15) is 0 Å². The normalized spacial score (nSPS) is 10.9. The van der Waals surface area contributed by atoms with Crippen molar-refractivity contribution in [3.05, 3.63) is 57.1 Å². The van der Waals surface area contributed by atoms with E-state index in [9.17, 15) is 10.1 Å². The molecule has 0 bridgehead atoms. The fraction of sp³-hybridized carbons (Fsp3) is 0.214. The summed E-state index contributed by atoms with van der Waals surface area (Å²) in [5, 5.41) is 17.5. The van der Waals surface area contributed by atoms with Crippen LogP contribution in [-0.4, -0.2) is 10.1 Å². The molecule has 2 rings (SSSR count). The Kier molecular flexibility index (Phi) is 3.84. The summed E-state index contributed by atoms with van der Waals surface area (Å²) in [7, 11) is 0. The predicted octanol–water partition coefficient (Wildman–Crippen LogP) is 3.59. The quantitative estimate of drug-likeness (QED) is 0.680. The molecule has 104 valence electrons. The topological polar surface area (TPSA) is 81.2 Å². The monoisotopic (exact) mass is 273 g/mol. The molecule has 20 heavy (non-hydrogen) atoms. The number of nitro groups is 1. The Morgan fingerprint density at radius 2 is 2.05 bits per heavy atom. The van der Waals surface area contributed by atoms with E-state index in [-0.39, 0.29) is 17.1 Å². The molecule has 0 aliphatic rings. The molecule has 1 N–H and O–H groups in total. The average molecular weight is 273 g/mol. The first-order valence-corrected chi connectivity index (χ1v) is 6.10. The number of benzene rings is 1. The molecular formula is C14H15N3O3. The third-order valence-electron chi connectivity index (χ3n) is 3.03. The van der Waals surface area contributed by atoms with Gasteiger partial charge in [-0.2, -0.15) is 0 Å². The number of rotatable bonds is 4. The zero-order chi connectivity index (χ0) is 14.7. The third-order valence-corrected chi connectivity index (χ3v) is 3.03. The highest BCUT2D eigenvalue weighted by Gasteiger charge is 2.21. The van der Waals surface area contributed by atoms with E-state index >= 15 is 0 Å². The summed E-state index contributed by atoms with van der Waals surface area (Å²) < 4.78 is 4.92. The van der Waals surface area contributed by atoms with Crippen LogP contribution >= 0.6 is 0 Å². The molecule has 0 spiro atoms. The van der Waals surface area contributed by atoms with Crippen LogP contribution in [0.4, 0.5) is 11.4 Å². The van der Waals surface area contributed by atoms with Crippen LogP contribution in [0.5, 0.6) is 0 Å². The van der Waals surface area contributed by atoms with Crippen LogP contribution in [0.25, 0.3) is 6.08 Å². The molecule has 0 atom stereocenters. The summed E-state index contributed by atoms with van der Waals surface area (Å²) in [5.74, 6) is 0.129. The maximum Gasteiger partial charge on any atom is 0.338 e. The van der Waals surface area contributed by atoms with Gasteiger partial charge in [-0.15, -0.1) is 0 Å². The summed E-state index contributed by atoms with van der Waals surface area (Å²) >= 11 is 0. The van der Waals surface area contributed by atoms with Crippen molar-refractivity contribution in [1.82, 2.24) is 5.16 Å². The van der Waals surface area contributed by atoms with E-state index in [1.54, 1.807) is 6.20 Å². The lowest BCUT2D eigenvalue weighted by molar-refractivity contribution is -0.386. The number of nitrogens with one attached hydrogen (secondary N) is 1. The van der Waals surface area contributed by atoms with Gasteiger partial charge in [-0.1, -0.05) is 11.2 Å². The van der Waals surface area contributed by atoms with Crippen LogP contribution in [0.1, 0.15) is 22.6 Å². The van der Waals surface area contributed by atoms with Crippen molar-refractivity contribution >= 4 is 17.5 Å². The first kappa shape index (κ1) is 13.8. The molecule has 0 aliphatic heterocycles. The van der Waals surface area contributed by atoms with Crippen LogP contribution < -0.4 is 5.32 Å². The van der Waals surface area contributed by atoms with Crippen molar-refractivity contribution in [2.45, 2.75) is 20.8 Å². The van der Waals surface area contributed by atoms with E-state index in [0.717, 1.165) is 5.69 Å². The Morgan fingerprint density at radius 1 is 1.30 bits per heavy atom. The van der Waals surface area contributed by atoms with Crippen LogP contribution in [0.15, 0.2) is 28.9 Å². The minimum atomic E-state index is -0.498. The maximum absolute atomic E-state index is 10.9. The number of hydrogen-bond donors (Lipinski definition) is 1. The van der Waals surface area contributed by atoms with Crippen LogP contribution in [-0.2, 0) is 0 Å². The van der Waals surface area contributed by atoms with Gasteiger partial charge in [-0.3, -0.25) is 10.1 Å². The summed E-state index contributed by atoms with van der Waals surface area (Å²) in [5.41, 5.74) is 3.44. The number of aromatic nitrogens is 1. The largest absolute Gasteiger partial charge is 0.362 e. The number of anilines is 1. The SMILES string of the molecule is Cc1ccc(N/C=C/c2onc(C)c2[N+](=O)[O-])cc1C. The summed E-state index contributed by atoms with van der Waals surface area (Å²) in [6.07, 6.45) is 3.09. The van der Waals surface area contributed by atoms with Gasteiger partial charge in [-0.05, 0) is 44.0 Å². The molecule has 2 aromatic rings. The molecule has 1 heterocycles. The number of aryl methyl sites for hydroxylation is 3. The molecule has 0 aliphatic carbocycles. The first-order chi connectivity index (χ1) is 9.49. The lowest BCUT2D eigenvalue weighted by Crippen LogP contribution is -1.92. The first-order valence-electron chi connectivity index (χ1n) is 6.10. The molecule has 6 heteroatoms. The van der Waals surface area contributed by atoms with Crippen molar-refractivity contribution < 1.29 is 9.45 Å². The van der Waals surface area contributed by atoms with Gasteiger partial charge in [0, 0.05) is 18.0 Å². The highest BCUT2D eigenvalue weighted by molar-refractivity contribution is 5.60. The van der Waals surface area contributed by atoms with E-state index in [2.05, 4.69) is 10.5 Å². The Balaban J connectivity index is 2.14. The lowest BCUT2D eigenvalue weighted by atomic mass is 10.1. The van der Waals surface area contributed by atoms with Gasteiger partial charge >= 0.3 is 5.69 Å². The summed E-state index contributed by atoms with van der Waals surface area (Å²) in [4.78, 5) is 10.4. The molecule has 0 amide bonds. The van der Waals surface area contributed by atoms with Crippen molar-refractivity contribution in [1.29, 1.82) is 0 Å². The molecule has 0 saturated heterocycles. The minimum Gasteiger partial charge on any atom is -0.362 e. The lowest BCUT2D eigenvalue weighted by Gasteiger charge is -2.04. The molecule has 1 aromatic heterocycles. The Labute approximate surface area is 116 Å². The fourth-order valence-corrected chi connectivity index (χ4v) is 1.76. The Morgan fingerprint density at radius 3 is 2.70 bits per heavy atom. The van der Waals surface area contributed by atoms with E-state index < -0.39 is 4.92 Å².